The van der Waals surface area contributed by atoms with Crippen LogP contribution in [0.4, 0.5) is 0 Å². The molecule has 3 atom stereocenters. The van der Waals surface area contributed by atoms with E-state index in [-0.39, 0.29) is 31.6 Å². The predicted molar refractivity (Wildman–Crippen MR) is 118 cm³/mol. The summed E-state index contributed by atoms with van der Waals surface area (Å²) < 4.78 is 0. The number of nitrogens with one attached hydrogen (secondary N) is 3. The number of carboxylic acids is 1. The van der Waals surface area contributed by atoms with Gasteiger partial charge < -0.3 is 37.6 Å². The maximum Gasteiger partial charge on any atom is 0.326 e. The Morgan fingerprint density at radius 3 is 2.00 bits per heavy atom. The standard InChI is InChI=1S/C21H31N5O7/c1-11(2)18(21(32)33)26-19(30)14(7-8-16(23)28)25-20(31)15(24-17(29)10-22)9-12-3-5-13(27)6-4-12/h3-6,11,14-15,18,27H,7-10,22H2,1-2H3,(H2,23,28)(H,24,29)(H,25,31)(H,26,30)(H,32,33). The minimum atomic E-state index is -1.28. The quantitative estimate of drug-likeness (QED) is 0.179. The zero-order valence-electron chi connectivity index (χ0n) is 18.5. The Labute approximate surface area is 191 Å². The number of nitrogens with two attached hydrogens (primary N) is 2. The number of aromatic hydroxyl groups is 1. The third-order valence-electron chi connectivity index (χ3n) is 4.76. The number of hydrogen-bond donors (Lipinski definition) is 7. The molecule has 0 aliphatic carbocycles. The lowest BCUT2D eigenvalue weighted by Crippen LogP contribution is -2.57. The third kappa shape index (κ3) is 9.56. The van der Waals surface area contributed by atoms with Gasteiger partial charge in [-0.2, -0.15) is 0 Å². The van der Waals surface area contributed by atoms with Gasteiger partial charge in [0.15, 0.2) is 0 Å². The molecule has 33 heavy (non-hydrogen) atoms. The fourth-order valence-electron chi connectivity index (χ4n) is 2.93. The Morgan fingerprint density at radius 1 is 0.939 bits per heavy atom. The van der Waals surface area contributed by atoms with Crippen molar-refractivity contribution in [3.05, 3.63) is 29.8 Å². The Hall–Kier alpha value is -3.67. The van der Waals surface area contributed by atoms with Crippen molar-refractivity contribution in [3.8, 4) is 5.75 Å². The maximum absolute atomic E-state index is 13.0. The molecule has 0 heterocycles. The van der Waals surface area contributed by atoms with E-state index in [4.69, 9.17) is 11.5 Å². The van der Waals surface area contributed by atoms with Gasteiger partial charge in [-0.15, -0.1) is 0 Å². The van der Waals surface area contributed by atoms with E-state index in [1.165, 1.54) is 12.1 Å². The van der Waals surface area contributed by atoms with Gasteiger partial charge in [0.2, 0.25) is 23.6 Å². The highest BCUT2D eigenvalue weighted by atomic mass is 16.4. The van der Waals surface area contributed by atoms with E-state index in [0.717, 1.165) is 0 Å². The van der Waals surface area contributed by atoms with Crippen molar-refractivity contribution in [3.63, 3.8) is 0 Å². The normalized spacial score (nSPS) is 13.5. The number of amides is 4. The molecule has 1 aromatic carbocycles. The monoisotopic (exact) mass is 465 g/mol. The van der Waals surface area contributed by atoms with Gasteiger partial charge in [0.1, 0.15) is 23.9 Å². The third-order valence-corrected chi connectivity index (χ3v) is 4.76. The van der Waals surface area contributed by atoms with Gasteiger partial charge in [0.05, 0.1) is 6.54 Å². The molecule has 1 rings (SSSR count). The molecule has 12 nitrogen and oxygen atoms in total. The van der Waals surface area contributed by atoms with E-state index >= 15 is 0 Å². The highest BCUT2D eigenvalue weighted by Gasteiger charge is 2.31. The van der Waals surface area contributed by atoms with Gasteiger partial charge >= 0.3 is 5.97 Å². The first kappa shape index (κ1) is 27.4. The van der Waals surface area contributed by atoms with Crippen molar-refractivity contribution in [1.82, 2.24) is 16.0 Å². The van der Waals surface area contributed by atoms with Gasteiger partial charge in [-0.1, -0.05) is 26.0 Å². The van der Waals surface area contributed by atoms with Crippen molar-refractivity contribution in [2.24, 2.45) is 17.4 Å². The van der Waals surface area contributed by atoms with Crippen molar-refractivity contribution in [1.29, 1.82) is 0 Å². The minimum Gasteiger partial charge on any atom is -0.508 e. The highest BCUT2D eigenvalue weighted by molar-refractivity contribution is 5.94. The molecular weight excluding hydrogens is 434 g/mol. The molecule has 0 spiro atoms. The second kappa shape index (κ2) is 13.0. The molecule has 0 saturated heterocycles. The zero-order chi connectivity index (χ0) is 25.1. The fraction of sp³-hybridized carbons (Fsp3) is 0.476. The van der Waals surface area contributed by atoms with Crippen molar-refractivity contribution >= 4 is 29.6 Å². The molecule has 4 amide bonds. The van der Waals surface area contributed by atoms with E-state index in [0.29, 0.717) is 5.56 Å². The average molecular weight is 466 g/mol. The molecule has 0 bridgehead atoms. The molecule has 0 aliphatic rings. The highest BCUT2D eigenvalue weighted by Crippen LogP contribution is 2.12. The van der Waals surface area contributed by atoms with Gasteiger partial charge in [-0.25, -0.2) is 4.79 Å². The smallest absolute Gasteiger partial charge is 0.326 e. The summed E-state index contributed by atoms with van der Waals surface area (Å²) in [4.78, 5) is 60.2. The summed E-state index contributed by atoms with van der Waals surface area (Å²) in [7, 11) is 0. The summed E-state index contributed by atoms with van der Waals surface area (Å²) in [6.45, 7) is 2.83. The summed E-state index contributed by atoms with van der Waals surface area (Å²) >= 11 is 0. The average Bonchev–Trinajstić information content (AvgIpc) is 2.74. The zero-order valence-corrected chi connectivity index (χ0v) is 18.5. The summed E-state index contributed by atoms with van der Waals surface area (Å²) in [5, 5.41) is 26.0. The lowest BCUT2D eigenvalue weighted by Gasteiger charge is -2.25. The number of phenols is 1. The first-order valence-corrected chi connectivity index (χ1v) is 10.3. The Balaban J connectivity index is 3.07. The van der Waals surface area contributed by atoms with Crippen LogP contribution in [0, 0.1) is 5.92 Å². The molecule has 0 aliphatic heterocycles. The molecule has 0 aromatic heterocycles. The van der Waals surface area contributed by atoms with E-state index < -0.39 is 53.6 Å². The summed E-state index contributed by atoms with van der Waals surface area (Å²) in [6.07, 6.45) is -0.393. The van der Waals surface area contributed by atoms with Gasteiger partial charge in [0, 0.05) is 12.8 Å². The molecule has 3 unspecified atom stereocenters. The second-order valence-corrected chi connectivity index (χ2v) is 7.83. The molecule has 182 valence electrons. The topological polar surface area (TPSA) is 214 Å². The molecule has 12 heteroatoms. The lowest BCUT2D eigenvalue weighted by molar-refractivity contribution is -0.143. The van der Waals surface area contributed by atoms with Crippen LogP contribution in [0.25, 0.3) is 0 Å². The first-order chi connectivity index (χ1) is 15.4. The molecule has 0 radical (unpaired) electrons. The molecule has 1 aromatic rings. The van der Waals surface area contributed by atoms with E-state index in [1.54, 1.807) is 26.0 Å². The molecule has 0 fully saturated rings. The van der Waals surface area contributed by atoms with Crippen LogP contribution in [0.5, 0.6) is 5.75 Å². The van der Waals surface area contributed by atoms with Crippen LogP contribution in [-0.2, 0) is 30.4 Å². The summed E-state index contributed by atoms with van der Waals surface area (Å²) in [5.41, 5.74) is 11.1. The second-order valence-electron chi connectivity index (χ2n) is 7.83. The van der Waals surface area contributed by atoms with Crippen molar-refractivity contribution < 1.29 is 34.2 Å². The summed E-state index contributed by atoms with van der Waals surface area (Å²) in [6, 6.07) is 2.32. The molecule has 9 N–H and O–H groups in total. The number of phenolic OH excluding ortho intramolecular Hbond substituents is 1. The number of carboxylic acid groups (broad SMARTS) is 1. The largest absolute Gasteiger partial charge is 0.508 e. The summed E-state index contributed by atoms with van der Waals surface area (Å²) in [5.74, 6) is -4.54. The number of carbonyl (C=O) groups is 5. The van der Waals surface area contributed by atoms with Gasteiger partial charge in [-0.3, -0.25) is 19.2 Å². The molecule has 0 saturated carbocycles. The van der Waals surface area contributed by atoms with E-state index in [9.17, 15) is 34.2 Å². The van der Waals surface area contributed by atoms with Crippen LogP contribution in [0.2, 0.25) is 0 Å². The number of primary amides is 1. The SMILES string of the molecule is CC(C)C(NC(=O)C(CCC(N)=O)NC(=O)C(Cc1ccc(O)cc1)NC(=O)CN)C(=O)O. The van der Waals surface area contributed by atoms with Crippen LogP contribution in [0.3, 0.4) is 0 Å². The van der Waals surface area contributed by atoms with Crippen LogP contribution in [-0.4, -0.2) is 64.5 Å². The van der Waals surface area contributed by atoms with E-state index in [2.05, 4.69) is 16.0 Å². The Bertz CT molecular complexity index is 857. The lowest BCUT2D eigenvalue weighted by atomic mass is 10.0. The fourth-order valence-corrected chi connectivity index (χ4v) is 2.93. The number of carbonyl (C=O) groups excluding carboxylic acids is 4. The van der Waals surface area contributed by atoms with Crippen LogP contribution >= 0.6 is 0 Å². The Kier molecular flexibility index (Phi) is 10.8. The van der Waals surface area contributed by atoms with E-state index in [1.807, 2.05) is 0 Å². The molecular formula is C21H31N5O7. The first-order valence-electron chi connectivity index (χ1n) is 10.3. The predicted octanol–water partition coefficient (Wildman–Crippen LogP) is -1.65. The number of rotatable bonds is 13. The van der Waals surface area contributed by atoms with Crippen LogP contribution < -0.4 is 27.4 Å². The van der Waals surface area contributed by atoms with Crippen LogP contribution in [0.1, 0.15) is 32.3 Å². The van der Waals surface area contributed by atoms with Gasteiger partial charge in [0.25, 0.3) is 0 Å². The Morgan fingerprint density at radius 2 is 1.52 bits per heavy atom. The van der Waals surface area contributed by atoms with Crippen LogP contribution in [0.15, 0.2) is 24.3 Å². The van der Waals surface area contributed by atoms with Crippen molar-refractivity contribution in [2.75, 3.05) is 6.54 Å². The van der Waals surface area contributed by atoms with Crippen molar-refractivity contribution in [2.45, 2.75) is 51.2 Å². The number of benzene rings is 1. The number of hydrogen-bond acceptors (Lipinski definition) is 7. The number of aliphatic carboxylic acids is 1. The van der Waals surface area contributed by atoms with Gasteiger partial charge in [-0.05, 0) is 30.0 Å². The maximum atomic E-state index is 13.0. The minimum absolute atomic E-state index is 0.0196.